The van der Waals surface area contributed by atoms with Gasteiger partial charge in [0.1, 0.15) is 43.4 Å². The van der Waals surface area contributed by atoms with Crippen molar-refractivity contribution in [1.82, 2.24) is 0 Å². The number of aliphatic hydroxyl groups is 4. The van der Waals surface area contributed by atoms with Gasteiger partial charge in [-0.25, -0.2) is 4.79 Å². The lowest BCUT2D eigenvalue weighted by molar-refractivity contribution is -0.383. The number of carbonyl (C=O) groups excluding carboxylic acids is 4. The minimum Gasteiger partial charge on any atom is -0.508 e. The first-order valence-corrected chi connectivity index (χ1v) is 13.0. The second kappa shape index (κ2) is 14.7. The minimum atomic E-state index is -2.46. The molecule has 0 bridgehead atoms. The van der Waals surface area contributed by atoms with E-state index < -0.39 is 98.5 Å². The van der Waals surface area contributed by atoms with Crippen LogP contribution in [0.25, 0.3) is 6.08 Å². The smallest absolute Gasteiger partial charge is 0.331 e. The zero-order valence-electron chi connectivity index (χ0n) is 23.4. The Kier molecular flexibility index (Phi) is 11.6. The fourth-order valence-corrected chi connectivity index (χ4v) is 4.51. The molecule has 1 aromatic rings. The minimum absolute atomic E-state index is 0.00140. The summed E-state index contributed by atoms with van der Waals surface area (Å²) < 4.78 is 37.8. The zero-order chi connectivity index (χ0) is 31.9. The highest BCUT2D eigenvalue weighted by Crippen LogP contribution is 2.39. The number of aromatic hydroxyl groups is 1. The van der Waals surface area contributed by atoms with E-state index in [-0.39, 0.29) is 5.75 Å². The quantitative estimate of drug-likeness (QED) is 0.106. The molecule has 0 spiro atoms. The third kappa shape index (κ3) is 8.47. The Labute approximate surface area is 245 Å². The van der Waals surface area contributed by atoms with Gasteiger partial charge in [-0.1, -0.05) is 12.1 Å². The average Bonchev–Trinajstić information content (AvgIpc) is 3.22. The summed E-state index contributed by atoms with van der Waals surface area (Å²) in [7, 11) is 0. The Morgan fingerprint density at radius 2 is 1.51 bits per heavy atom. The number of phenolic OH excluding ortho intramolecular Hbond substituents is 1. The van der Waals surface area contributed by atoms with Gasteiger partial charge in [0.2, 0.25) is 5.79 Å². The number of carbonyl (C=O) groups is 4. The van der Waals surface area contributed by atoms with Crippen LogP contribution in [0.5, 0.6) is 5.75 Å². The Balaban J connectivity index is 1.93. The number of ether oxygens (including phenoxy) is 7. The van der Waals surface area contributed by atoms with Crippen molar-refractivity contribution in [3.05, 3.63) is 35.9 Å². The SMILES string of the molecule is CC(=O)OC[C@H]1O[C@H](O[C@]2(CO)O[C@H](CO)[C@@H](OC(C)=O)[C@@H]2OC(=O)/C=C/c2ccc(O)cc2)[C@H](O)[C@@H](O)[C@@H]1OC(C)=O. The largest absolute Gasteiger partial charge is 0.508 e. The topological polar surface area (TPSA) is 234 Å². The van der Waals surface area contributed by atoms with E-state index in [2.05, 4.69) is 0 Å². The number of hydrogen-bond donors (Lipinski definition) is 5. The van der Waals surface area contributed by atoms with Crippen LogP contribution >= 0.6 is 0 Å². The zero-order valence-corrected chi connectivity index (χ0v) is 23.4. The molecule has 2 heterocycles. The van der Waals surface area contributed by atoms with Crippen molar-refractivity contribution in [3.63, 3.8) is 0 Å². The van der Waals surface area contributed by atoms with Gasteiger partial charge < -0.3 is 58.7 Å². The number of hydrogen-bond acceptors (Lipinski definition) is 16. The maximum Gasteiger partial charge on any atom is 0.331 e. The number of esters is 4. The van der Waals surface area contributed by atoms with Gasteiger partial charge in [0.05, 0.1) is 6.61 Å². The van der Waals surface area contributed by atoms with E-state index in [0.29, 0.717) is 5.56 Å². The van der Waals surface area contributed by atoms with Crippen LogP contribution < -0.4 is 0 Å². The number of rotatable bonds is 11. The fourth-order valence-electron chi connectivity index (χ4n) is 4.51. The van der Waals surface area contributed by atoms with E-state index in [4.69, 9.17) is 33.2 Å². The van der Waals surface area contributed by atoms with E-state index >= 15 is 0 Å². The van der Waals surface area contributed by atoms with E-state index in [1.165, 1.54) is 30.3 Å². The predicted octanol–water partition coefficient (Wildman–Crippen LogP) is -1.71. The normalized spacial score (nSPS) is 32.3. The molecule has 2 aliphatic rings. The van der Waals surface area contributed by atoms with Crippen LogP contribution in [0.2, 0.25) is 0 Å². The van der Waals surface area contributed by atoms with Gasteiger partial charge in [-0.15, -0.1) is 0 Å². The molecule has 2 fully saturated rings. The molecule has 16 nitrogen and oxygen atoms in total. The molecule has 43 heavy (non-hydrogen) atoms. The lowest BCUT2D eigenvalue weighted by Crippen LogP contribution is -2.64. The molecule has 9 atom stereocenters. The predicted molar refractivity (Wildman–Crippen MR) is 138 cm³/mol. The third-order valence-corrected chi connectivity index (χ3v) is 6.41. The van der Waals surface area contributed by atoms with Crippen molar-refractivity contribution >= 4 is 30.0 Å². The summed E-state index contributed by atoms with van der Waals surface area (Å²) in [5, 5.41) is 51.4. The van der Waals surface area contributed by atoms with E-state index in [9.17, 15) is 44.7 Å². The van der Waals surface area contributed by atoms with Gasteiger partial charge in [-0.2, -0.15) is 0 Å². The van der Waals surface area contributed by atoms with Gasteiger partial charge in [0.15, 0.2) is 24.6 Å². The van der Waals surface area contributed by atoms with Gasteiger partial charge >= 0.3 is 23.9 Å². The van der Waals surface area contributed by atoms with Gasteiger partial charge in [0, 0.05) is 26.8 Å². The standard InChI is InChI=1S/C27H34O16/c1-13(30)37-11-19-23(38-14(2)31)21(35)22(36)26(40-19)43-27(12-29)25(24(39-15(3)32)18(10-28)42-27)41-20(34)9-6-16-4-7-17(33)8-5-16/h4-9,18-19,21-26,28-29,33,35-36H,10-12H2,1-3H3/b9-6+/t18-,19-,21-,22-,23-,24-,25+,26-,27+/m1/s1. The molecule has 5 N–H and O–H groups in total. The summed E-state index contributed by atoms with van der Waals surface area (Å²) >= 11 is 0. The van der Waals surface area contributed by atoms with Crippen molar-refractivity contribution < 1.29 is 77.9 Å². The number of benzene rings is 1. The second-order valence-corrected chi connectivity index (χ2v) is 9.68. The molecule has 2 saturated heterocycles. The first kappa shape index (κ1) is 33.9. The van der Waals surface area contributed by atoms with Gasteiger partial charge in [0.25, 0.3) is 0 Å². The third-order valence-electron chi connectivity index (χ3n) is 6.41. The summed E-state index contributed by atoms with van der Waals surface area (Å²) in [6, 6.07) is 5.77. The van der Waals surface area contributed by atoms with E-state index in [1.54, 1.807) is 0 Å². The van der Waals surface area contributed by atoms with Crippen molar-refractivity contribution in [2.45, 2.75) is 75.6 Å². The monoisotopic (exact) mass is 614 g/mol. The molecule has 0 aliphatic carbocycles. The molecule has 0 unspecified atom stereocenters. The highest BCUT2D eigenvalue weighted by molar-refractivity contribution is 5.87. The Morgan fingerprint density at radius 3 is 2.07 bits per heavy atom. The Morgan fingerprint density at radius 1 is 0.884 bits per heavy atom. The molecule has 0 radical (unpaired) electrons. The van der Waals surface area contributed by atoms with Crippen molar-refractivity contribution in [2.24, 2.45) is 0 Å². The van der Waals surface area contributed by atoms with Gasteiger partial charge in [-0.05, 0) is 23.8 Å². The van der Waals surface area contributed by atoms with Crippen LogP contribution in [0.15, 0.2) is 30.3 Å². The van der Waals surface area contributed by atoms with Crippen LogP contribution in [0, 0.1) is 0 Å². The summed E-state index contributed by atoms with van der Waals surface area (Å²) in [6.07, 6.45) is -11.0. The molecule has 16 heteroatoms. The molecule has 238 valence electrons. The van der Waals surface area contributed by atoms with Gasteiger partial charge in [-0.3, -0.25) is 14.4 Å². The van der Waals surface area contributed by atoms with Crippen LogP contribution in [0.3, 0.4) is 0 Å². The van der Waals surface area contributed by atoms with E-state index in [1.807, 2.05) is 0 Å². The maximum absolute atomic E-state index is 12.9. The fraction of sp³-hybridized carbons (Fsp3) is 0.556. The number of aliphatic hydroxyl groups excluding tert-OH is 4. The molecule has 0 saturated carbocycles. The molecular formula is C27H34O16. The molecule has 3 rings (SSSR count). The first-order chi connectivity index (χ1) is 20.3. The second-order valence-electron chi connectivity index (χ2n) is 9.68. The molecule has 0 aromatic heterocycles. The maximum atomic E-state index is 12.9. The van der Waals surface area contributed by atoms with Crippen molar-refractivity contribution in [1.29, 1.82) is 0 Å². The summed E-state index contributed by atoms with van der Waals surface area (Å²) in [5.41, 5.74) is 0.501. The van der Waals surface area contributed by atoms with Crippen LogP contribution in [-0.2, 0) is 52.3 Å². The van der Waals surface area contributed by atoms with Crippen molar-refractivity contribution in [2.75, 3.05) is 19.8 Å². The lowest BCUT2D eigenvalue weighted by Gasteiger charge is -2.44. The number of phenols is 1. The first-order valence-electron chi connectivity index (χ1n) is 13.0. The lowest BCUT2D eigenvalue weighted by atomic mass is 9.98. The average molecular weight is 615 g/mol. The highest BCUT2D eigenvalue weighted by atomic mass is 16.8. The Bertz CT molecular complexity index is 1170. The molecule has 2 aliphatic heterocycles. The highest BCUT2D eigenvalue weighted by Gasteiger charge is 2.62. The summed E-state index contributed by atoms with van der Waals surface area (Å²) in [4.78, 5) is 47.8. The molecular weight excluding hydrogens is 580 g/mol. The summed E-state index contributed by atoms with van der Waals surface area (Å²) in [5.74, 6) is -5.94. The Hall–Kier alpha value is -3.64. The molecule has 1 aromatic carbocycles. The summed E-state index contributed by atoms with van der Waals surface area (Å²) in [6.45, 7) is 0.690. The van der Waals surface area contributed by atoms with Crippen molar-refractivity contribution in [3.8, 4) is 5.75 Å². The van der Waals surface area contributed by atoms with Crippen LogP contribution in [0.4, 0.5) is 0 Å². The van der Waals surface area contributed by atoms with Crippen LogP contribution in [-0.4, -0.2) is 124 Å². The van der Waals surface area contributed by atoms with E-state index in [0.717, 1.165) is 26.8 Å². The van der Waals surface area contributed by atoms with Crippen LogP contribution in [0.1, 0.15) is 26.3 Å². The molecule has 0 amide bonds.